The van der Waals surface area contributed by atoms with Gasteiger partial charge in [0.1, 0.15) is 5.75 Å². The highest BCUT2D eigenvalue weighted by atomic mass is 16.3. The lowest BCUT2D eigenvalue weighted by Crippen LogP contribution is -2.43. The second kappa shape index (κ2) is 4.26. The molecule has 1 heterocycles. The minimum atomic E-state index is 0.361. The van der Waals surface area contributed by atoms with E-state index < -0.39 is 0 Å². The fourth-order valence-electron chi connectivity index (χ4n) is 2.46. The van der Waals surface area contributed by atoms with Crippen LogP contribution in [0.4, 0.5) is 5.69 Å². The highest BCUT2D eigenvalue weighted by molar-refractivity contribution is 5.97. The maximum Gasteiger partial charge on any atom is 0.123 e. The minimum absolute atomic E-state index is 0.361. The molecule has 3 nitrogen and oxygen atoms in total. The van der Waals surface area contributed by atoms with Crippen molar-refractivity contribution in [3.63, 3.8) is 0 Å². The van der Waals surface area contributed by atoms with Gasteiger partial charge in [0.2, 0.25) is 0 Å². The van der Waals surface area contributed by atoms with Crippen LogP contribution < -0.4 is 10.2 Å². The van der Waals surface area contributed by atoms with Crippen LogP contribution in [0.2, 0.25) is 0 Å². The van der Waals surface area contributed by atoms with E-state index in [4.69, 9.17) is 0 Å². The lowest BCUT2D eigenvalue weighted by atomic mass is 10.1. The van der Waals surface area contributed by atoms with Gasteiger partial charge in [-0.1, -0.05) is 24.3 Å². The van der Waals surface area contributed by atoms with Crippen molar-refractivity contribution in [1.29, 1.82) is 0 Å². The molecule has 0 bridgehead atoms. The van der Waals surface area contributed by atoms with Gasteiger partial charge in [-0.25, -0.2) is 0 Å². The van der Waals surface area contributed by atoms with E-state index in [0.29, 0.717) is 5.75 Å². The average Bonchev–Trinajstić information content (AvgIpc) is 2.40. The van der Waals surface area contributed by atoms with E-state index in [2.05, 4.69) is 22.3 Å². The number of phenols is 1. The van der Waals surface area contributed by atoms with Crippen LogP contribution in [0, 0.1) is 0 Å². The number of hydrogen-bond acceptors (Lipinski definition) is 3. The van der Waals surface area contributed by atoms with Gasteiger partial charge in [0.15, 0.2) is 0 Å². The lowest BCUT2D eigenvalue weighted by Gasteiger charge is -2.30. The Morgan fingerprint density at radius 3 is 2.47 bits per heavy atom. The molecule has 0 aliphatic carbocycles. The SMILES string of the molecule is Oc1cccc2c(N3CCNCC3)cccc12. The molecule has 0 unspecified atom stereocenters. The smallest absolute Gasteiger partial charge is 0.123 e. The molecule has 0 aromatic heterocycles. The summed E-state index contributed by atoms with van der Waals surface area (Å²) in [6.07, 6.45) is 0. The number of nitrogens with zero attached hydrogens (tertiary/aromatic N) is 1. The molecule has 3 heteroatoms. The zero-order valence-corrected chi connectivity index (χ0v) is 9.69. The number of hydrogen-bond donors (Lipinski definition) is 2. The Bertz CT molecular complexity index is 533. The number of nitrogens with one attached hydrogen (secondary N) is 1. The van der Waals surface area contributed by atoms with E-state index in [-0.39, 0.29) is 0 Å². The number of piperazine rings is 1. The van der Waals surface area contributed by atoms with E-state index in [1.807, 2.05) is 18.2 Å². The molecule has 17 heavy (non-hydrogen) atoms. The summed E-state index contributed by atoms with van der Waals surface area (Å²) in [5, 5.41) is 15.3. The molecule has 2 aromatic carbocycles. The van der Waals surface area contributed by atoms with E-state index in [1.54, 1.807) is 6.07 Å². The Labute approximate surface area is 101 Å². The first-order valence-electron chi connectivity index (χ1n) is 6.02. The van der Waals surface area contributed by atoms with Gasteiger partial charge >= 0.3 is 0 Å². The Kier molecular flexibility index (Phi) is 2.61. The summed E-state index contributed by atoms with van der Waals surface area (Å²) < 4.78 is 0. The van der Waals surface area contributed by atoms with E-state index in [9.17, 15) is 5.11 Å². The molecule has 88 valence electrons. The molecule has 0 spiro atoms. The molecular formula is C14H16N2O. The number of aromatic hydroxyl groups is 1. The highest BCUT2D eigenvalue weighted by Crippen LogP contribution is 2.31. The maximum atomic E-state index is 9.86. The first-order chi connectivity index (χ1) is 8.36. The predicted molar refractivity (Wildman–Crippen MR) is 70.7 cm³/mol. The van der Waals surface area contributed by atoms with Crippen LogP contribution in [0.5, 0.6) is 5.75 Å². The van der Waals surface area contributed by atoms with Crippen molar-refractivity contribution in [2.75, 3.05) is 31.1 Å². The van der Waals surface area contributed by atoms with Gasteiger partial charge in [0.05, 0.1) is 0 Å². The van der Waals surface area contributed by atoms with Crippen molar-refractivity contribution < 1.29 is 5.11 Å². The quantitative estimate of drug-likeness (QED) is 0.783. The third-order valence-electron chi connectivity index (χ3n) is 3.33. The van der Waals surface area contributed by atoms with Crippen LogP contribution in [0.1, 0.15) is 0 Å². The summed E-state index contributed by atoms with van der Waals surface area (Å²) in [6, 6.07) is 11.8. The first kappa shape index (κ1) is 10.4. The normalized spacial score (nSPS) is 16.4. The fraction of sp³-hybridized carbons (Fsp3) is 0.286. The van der Waals surface area contributed by atoms with Crippen molar-refractivity contribution in [2.24, 2.45) is 0 Å². The van der Waals surface area contributed by atoms with Crippen molar-refractivity contribution in [3.05, 3.63) is 36.4 Å². The summed E-state index contributed by atoms with van der Waals surface area (Å²) in [7, 11) is 0. The van der Waals surface area contributed by atoms with Crippen molar-refractivity contribution in [1.82, 2.24) is 5.32 Å². The molecule has 1 fully saturated rings. The molecule has 3 rings (SSSR count). The van der Waals surface area contributed by atoms with Crippen LogP contribution in [0.15, 0.2) is 36.4 Å². The molecule has 2 N–H and O–H groups in total. The van der Waals surface area contributed by atoms with Gasteiger partial charge in [-0.3, -0.25) is 0 Å². The maximum absolute atomic E-state index is 9.86. The zero-order chi connectivity index (χ0) is 11.7. The van der Waals surface area contributed by atoms with Gasteiger partial charge in [-0.15, -0.1) is 0 Å². The summed E-state index contributed by atoms with van der Waals surface area (Å²) in [6.45, 7) is 4.09. The third-order valence-corrected chi connectivity index (χ3v) is 3.33. The Morgan fingerprint density at radius 1 is 0.941 bits per heavy atom. The monoisotopic (exact) mass is 228 g/mol. The van der Waals surface area contributed by atoms with Crippen molar-refractivity contribution in [2.45, 2.75) is 0 Å². The summed E-state index contributed by atoms with van der Waals surface area (Å²) >= 11 is 0. The zero-order valence-electron chi connectivity index (χ0n) is 9.69. The molecule has 0 radical (unpaired) electrons. The Balaban J connectivity index is 2.12. The second-order valence-corrected chi connectivity index (χ2v) is 4.39. The lowest BCUT2D eigenvalue weighted by molar-refractivity contribution is 0.481. The van der Waals surface area contributed by atoms with Gasteiger partial charge in [-0.2, -0.15) is 0 Å². The molecule has 0 atom stereocenters. The molecule has 0 amide bonds. The van der Waals surface area contributed by atoms with Gasteiger partial charge < -0.3 is 15.3 Å². The fourth-order valence-corrected chi connectivity index (χ4v) is 2.46. The molecule has 2 aromatic rings. The largest absolute Gasteiger partial charge is 0.507 e. The number of rotatable bonds is 1. The highest BCUT2D eigenvalue weighted by Gasteiger charge is 2.13. The molecular weight excluding hydrogens is 212 g/mol. The van der Waals surface area contributed by atoms with Crippen LogP contribution in [0.25, 0.3) is 10.8 Å². The van der Waals surface area contributed by atoms with Crippen LogP contribution >= 0.6 is 0 Å². The van der Waals surface area contributed by atoms with Crippen molar-refractivity contribution >= 4 is 16.5 Å². The van der Waals surface area contributed by atoms with Gasteiger partial charge in [0, 0.05) is 42.6 Å². The van der Waals surface area contributed by atoms with Crippen LogP contribution in [0.3, 0.4) is 0 Å². The van der Waals surface area contributed by atoms with Gasteiger partial charge in [0.25, 0.3) is 0 Å². The average molecular weight is 228 g/mol. The number of fused-ring (bicyclic) bond motifs is 1. The molecule has 1 aliphatic rings. The number of phenolic OH excluding ortho intramolecular Hbond substituents is 1. The summed E-state index contributed by atoms with van der Waals surface area (Å²) in [5.74, 6) is 0.361. The van der Waals surface area contributed by atoms with Crippen LogP contribution in [-0.4, -0.2) is 31.3 Å². The van der Waals surface area contributed by atoms with E-state index >= 15 is 0 Å². The third kappa shape index (κ3) is 1.83. The minimum Gasteiger partial charge on any atom is -0.507 e. The molecule has 0 saturated carbocycles. The predicted octanol–water partition coefficient (Wildman–Crippen LogP) is 1.95. The van der Waals surface area contributed by atoms with Crippen molar-refractivity contribution in [3.8, 4) is 5.75 Å². The molecule has 1 aliphatic heterocycles. The van der Waals surface area contributed by atoms with E-state index in [1.165, 1.54) is 5.69 Å². The Hall–Kier alpha value is -1.74. The first-order valence-corrected chi connectivity index (χ1v) is 6.02. The van der Waals surface area contributed by atoms with Gasteiger partial charge in [-0.05, 0) is 12.1 Å². The topological polar surface area (TPSA) is 35.5 Å². The van der Waals surface area contributed by atoms with Crippen LogP contribution in [-0.2, 0) is 0 Å². The Morgan fingerprint density at radius 2 is 1.65 bits per heavy atom. The van der Waals surface area contributed by atoms with E-state index in [0.717, 1.165) is 37.0 Å². The summed E-state index contributed by atoms with van der Waals surface area (Å²) in [5.41, 5.74) is 1.22. The molecule has 1 saturated heterocycles. The number of benzene rings is 2. The standard InChI is InChI=1S/C14H16N2O/c17-14-6-2-3-11-12(14)4-1-5-13(11)16-9-7-15-8-10-16/h1-6,15,17H,7-10H2. The second-order valence-electron chi connectivity index (χ2n) is 4.39. The summed E-state index contributed by atoms with van der Waals surface area (Å²) in [4.78, 5) is 2.37. The number of anilines is 1.